The molecule has 1 aromatic heterocycles. The number of hydrogen-bond acceptors (Lipinski definition) is 1. The molecule has 0 fully saturated rings. The summed E-state index contributed by atoms with van der Waals surface area (Å²) in [5.74, 6) is 1.06. The Hall–Kier alpha value is 0.0787. The van der Waals surface area contributed by atoms with E-state index in [1.165, 1.54) is 5.56 Å². The van der Waals surface area contributed by atoms with E-state index in [0.717, 1.165) is 32.1 Å². The van der Waals surface area contributed by atoms with Crippen molar-refractivity contribution in [3.63, 3.8) is 0 Å². The first-order valence-electron chi connectivity index (χ1n) is 2.52. The van der Waals surface area contributed by atoms with Gasteiger partial charge in [0.05, 0.1) is 0 Å². The van der Waals surface area contributed by atoms with Crippen molar-refractivity contribution in [2.24, 2.45) is 0 Å². The van der Waals surface area contributed by atoms with E-state index < -0.39 is 0 Å². The first kappa shape index (κ1) is 6.20. The van der Waals surface area contributed by atoms with E-state index in [1.807, 2.05) is 6.92 Å². The average molecular weight is 215 g/mol. The fourth-order valence-electron chi connectivity index (χ4n) is 0.602. The van der Waals surface area contributed by atoms with Crippen LogP contribution < -0.4 is 3.78 Å². The Morgan fingerprint density at radius 3 is 2.25 bits per heavy atom. The Morgan fingerprint density at radius 2 is 2.12 bits per heavy atom. The molecule has 1 aromatic rings. The monoisotopic (exact) mass is 216 g/mol. The predicted octanol–water partition coefficient (Wildman–Crippen LogP) is 0.423. The zero-order valence-electron chi connectivity index (χ0n) is 5.06. The van der Waals surface area contributed by atoms with Crippen molar-refractivity contribution in [1.29, 1.82) is 0 Å². The minimum atomic E-state index is 1.06. The standard InChI is InChI=1S/C6H7O.Sn.H/c1-5-3-4-7-6(5)2;;/h3H,1-2H3;;. The number of hydrogen-bond donors (Lipinski definition) is 0. The molecule has 0 saturated carbocycles. The molecule has 8 heavy (non-hydrogen) atoms. The molecule has 0 N–H and O–H groups in total. The molecule has 1 nitrogen and oxygen atoms in total. The molecular weight excluding hydrogens is 207 g/mol. The Labute approximate surface area is 62.2 Å². The van der Waals surface area contributed by atoms with Gasteiger partial charge in [-0.25, -0.2) is 0 Å². The Morgan fingerprint density at radius 1 is 1.50 bits per heavy atom. The van der Waals surface area contributed by atoms with Gasteiger partial charge in [-0.1, -0.05) is 0 Å². The van der Waals surface area contributed by atoms with E-state index in [0.29, 0.717) is 0 Å². The van der Waals surface area contributed by atoms with Gasteiger partial charge in [0.25, 0.3) is 0 Å². The summed E-state index contributed by atoms with van der Waals surface area (Å²) in [6, 6.07) is 2.09. The van der Waals surface area contributed by atoms with Gasteiger partial charge in [-0.15, -0.1) is 0 Å². The van der Waals surface area contributed by atoms with E-state index in [4.69, 9.17) is 4.42 Å². The summed E-state index contributed by atoms with van der Waals surface area (Å²) in [5.41, 5.74) is 1.27. The van der Waals surface area contributed by atoms with Crippen LogP contribution in [0.3, 0.4) is 0 Å². The zero-order chi connectivity index (χ0) is 6.15. The fraction of sp³-hybridized carbons (Fsp3) is 0.333. The van der Waals surface area contributed by atoms with Gasteiger partial charge in [-0.2, -0.15) is 0 Å². The second kappa shape index (κ2) is 2.13. The van der Waals surface area contributed by atoms with Crippen LogP contribution in [0.25, 0.3) is 0 Å². The van der Waals surface area contributed by atoms with Crippen LogP contribution in [-0.2, 0) is 0 Å². The molecule has 0 aliphatic carbocycles. The second-order valence-corrected chi connectivity index (χ2v) is 3.51. The first-order chi connectivity index (χ1) is 3.70. The van der Waals surface area contributed by atoms with Crippen LogP contribution in [0.1, 0.15) is 11.3 Å². The van der Waals surface area contributed by atoms with Crippen molar-refractivity contribution >= 4 is 26.3 Å². The maximum absolute atomic E-state index is 5.27. The molecular formula is C6H8OSn. The van der Waals surface area contributed by atoms with Gasteiger partial charge in [0.1, 0.15) is 0 Å². The second-order valence-electron chi connectivity index (χ2n) is 1.89. The predicted molar refractivity (Wildman–Crippen MR) is 35.0 cm³/mol. The third kappa shape index (κ3) is 1.07. The van der Waals surface area contributed by atoms with Gasteiger partial charge in [-0.3, -0.25) is 0 Å². The van der Waals surface area contributed by atoms with Gasteiger partial charge in [-0.05, 0) is 0 Å². The first-order valence-corrected chi connectivity index (χ1v) is 4.17. The number of rotatable bonds is 0. The molecule has 0 amide bonds. The molecule has 1 rings (SSSR count). The quantitative estimate of drug-likeness (QED) is 0.571. The molecule has 0 atom stereocenters. The van der Waals surface area contributed by atoms with Crippen LogP contribution in [0.5, 0.6) is 0 Å². The summed E-state index contributed by atoms with van der Waals surface area (Å²) in [6.45, 7) is 4.06. The molecule has 0 aliphatic heterocycles. The third-order valence-corrected chi connectivity index (χ3v) is 2.00. The van der Waals surface area contributed by atoms with Crippen molar-refractivity contribution in [3.05, 3.63) is 17.4 Å². The average Bonchev–Trinajstić information content (AvgIpc) is 1.85. The van der Waals surface area contributed by atoms with Gasteiger partial charge in [0.15, 0.2) is 0 Å². The third-order valence-electron chi connectivity index (χ3n) is 1.19. The molecule has 0 unspecified atom stereocenters. The molecule has 0 saturated heterocycles. The van der Waals surface area contributed by atoms with Crippen LogP contribution in [0.2, 0.25) is 0 Å². The number of furan rings is 1. The van der Waals surface area contributed by atoms with Gasteiger partial charge in [0, 0.05) is 0 Å². The molecule has 0 spiro atoms. The Kier molecular flexibility index (Phi) is 1.65. The van der Waals surface area contributed by atoms with Crippen molar-refractivity contribution in [2.45, 2.75) is 13.8 Å². The molecule has 0 aromatic carbocycles. The molecule has 42 valence electrons. The van der Waals surface area contributed by atoms with E-state index in [-0.39, 0.29) is 0 Å². The van der Waals surface area contributed by atoms with Gasteiger partial charge < -0.3 is 0 Å². The van der Waals surface area contributed by atoms with Crippen molar-refractivity contribution in [1.82, 2.24) is 0 Å². The number of aryl methyl sites for hydroxylation is 2. The zero-order valence-corrected chi connectivity index (χ0v) is 8.36. The van der Waals surface area contributed by atoms with Gasteiger partial charge >= 0.3 is 62.0 Å². The Balaban J connectivity index is 3.14. The van der Waals surface area contributed by atoms with Gasteiger partial charge in [0.2, 0.25) is 0 Å². The summed E-state index contributed by atoms with van der Waals surface area (Å²) in [6.07, 6.45) is 0. The fourth-order valence-corrected chi connectivity index (χ4v) is 1.82. The van der Waals surface area contributed by atoms with Crippen LogP contribution in [0.15, 0.2) is 10.5 Å². The van der Waals surface area contributed by atoms with Crippen LogP contribution in [-0.4, -0.2) is 22.5 Å². The normalized spacial score (nSPS) is 9.88. The molecule has 1 heterocycles. The summed E-state index contributed by atoms with van der Waals surface area (Å²) in [4.78, 5) is 0. The molecule has 0 bridgehead atoms. The van der Waals surface area contributed by atoms with E-state index in [1.54, 1.807) is 0 Å². The van der Waals surface area contributed by atoms with Crippen LogP contribution in [0, 0.1) is 13.8 Å². The van der Waals surface area contributed by atoms with Crippen molar-refractivity contribution < 1.29 is 4.42 Å². The summed E-state index contributed by atoms with van der Waals surface area (Å²) >= 11 is 1.09. The van der Waals surface area contributed by atoms with Crippen molar-refractivity contribution in [3.8, 4) is 0 Å². The van der Waals surface area contributed by atoms with Crippen LogP contribution in [0.4, 0.5) is 0 Å². The molecule has 2 radical (unpaired) electrons. The van der Waals surface area contributed by atoms with E-state index >= 15 is 0 Å². The van der Waals surface area contributed by atoms with Crippen LogP contribution >= 0.6 is 0 Å². The SMILES string of the molecule is Cc1c[c]([SnH])oc1C. The summed E-state index contributed by atoms with van der Waals surface area (Å²) in [7, 11) is 0. The Bertz CT molecular complexity index is 171. The summed E-state index contributed by atoms with van der Waals surface area (Å²) in [5, 5.41) is 0. The summed E-state index contributed by atoms with van der Waals surface area (Å²) < 4.78 is 6.40. The minimum absolute atomic E-state index is 1.06. The molecule has 0 aliphatic rings. The van der Waals surface area contributed by atoms with E-state index in [9.17, 15) is 0 Å². The van der Waals surface area contributed by atoms with E-state index in [2.05, 4.69) is 13.0 Å². The van der Waals surface area contributed by atoms with Crippen molar-refractivity contribution in [2.75, 3.05) is 0 Å². The topological polar surface area (TPSA) is 13.1 Å². The maximum atomic E-state index is 5.27. The molecule has 2 heteroatoms.